The second kappa shape index (κ2) is 14.6. The molecule has 0 aliphatic heterocycles. The monoisotopic (exact) mass is 795 g/mol. The summed E-state index contributed by atoms with van der Waals surface area (Å²) in [4.78, 5) is 25.3. The molecule has 4 heterocycles. The molecule has 62 heavy (non-hydrogen) atoms. The van der Waals surface area contributed by atoms with E-state index in [4.69, 9.17) is 33.8 Å². The summed E-state index contributed by atoms with van der Waals surface area (Å²) < 4.78 is 12.9. The number of nitrogens with zero attached hydrogens (tertiary/aromatic N) is 5. The van der Waals surface area contributed by atoms with Crippen LogP contribution in [0.15, 0.2) is 209 Å². The molecular formula is C55H33N5O2. The van der Waals surface area contributed by atoms with Crippen LogP contribution < -0.4 is 0 Å². The molecule has 12 rings (SSSR count). The first-order valence-electron chi connectivity index (χ1n) is 20.5. The Morgan fingerprint density at radius 3 is 1.55 bits per heavy atom. The minimum absolute atomic E-state index is 0.577. The summed E-state index contributed by atoms with van der Waals surface area (Å²) in [5.41, 5.74) is 13.4. The zero-order chi connectivity index (χ0) is 41.0. The van der Waals surface area contributed by atoms with Crippen LogP contribution in [0.1, 0.15) is 0 Å². The van der Waals surface area contributed by atoms with Crippen LogP contribution in [0.5, 0.6) is 0 Å². The quantitative estimate of drug-likeness (QED) is 0.159. The minimum atomic E-state index is 0.577. The number of aromatic nitrogens is 5. The molecule has 0 fully saturated rings. The highest BCUT2D eigenvalue weighted by Gasteiger charge is 2.21. The van der Waals surface area contributed by atoms with Gasteiger partial charge in [0.2, 0.25) is 0 Å². The summed E-state index contributed by atoms with van der Waals surface area (Å²) in [7, 11) is 0. The van der Waals surface area contributed by atoms with Crippen LogP contribution in [0.4, 0.5) is 0 Å². The maximum Gasteiger partial charge on any atom is 0.180 e. The first-order valence-corrected chi connectivity index (χ1v) is 20.5. The fourth-order valence-corrected chi connectivity index (χ4v) is 8.33. The summed E-state index contributed by atoms with van der Waals surface area (Å²) in [6.07, 6.45) is 0. The van der Waals surface area contributed by atoms with Crippen molar-refractivity contribution in [3.05, 3.63) is 200 Å². The molecule has 0 aliphatic carbocycles. The van der Waals surface area contributed by atoms with E-state index in [2.05, 4.69) is 97.1 Å². The highest BCUT2D eigenvalue weighted by atomic mass is 16.3. The highest BCUT2D eigenvalue weighted by Crippen LogP contribution is 2.40. The van der Waals surface area contributed by atoms with Crippen molar-refractivity contribution in [1.82, 2.24) is 24.9 Å². The van der Waals surface area contributed by atoms with Crippen LogP contribution in [0.25, 0.3) is 123 Å². The molecule has 4 aromatic heterocycles. The lowest BCUT2D eigenvalue weighted by Gasteiger charge is -2.10. The third-order valence-electron chi connectivity index (χ3n) is 11.4. The Bertz CT molecular complexity index is 3560. The summed E-state index contributed by atoms with van der Waals surface area (Å²) in [5, 5.41) is 2.87. The van der Waals surface area contributed by atoms with Crippen LogP contribution in [0.2, 0.25) is 0 Å². The lowest BCUT2D eigenvalue weighted by molar-refractivity contribution is 0.667. The number of rotatable bonds is 7. The molecule has 0 aliphatic rings. The van der Waals surface area contributed by atoms with Gasteiger partial charge in [0.05, 0.1) is 0 Å². The largest absolute Gasteiger partial charge is 0.456 e. The molecule has 0 spiro atoms. The number of fused-ring (bicyclic) bond motifs is 6. The van der Waals surface area contributed by atoms with Crippen molar-refractivity contribution in [2.24, 2.45) is 0 Å². The van der Waals surface area contributed by atoms with Crippen molar-refractivity contribution in [3.63, 3.8) is 0 Å². The fourth-order valence-electron chi connectivity index (χ4n) is 8.33. The van der Waals surface area contributed by atoms with E-state index in [0.717, 1.165) is 94.2 Å². The molecule has 0 amide bonds. The predicted molar refractivity (Wildman–Crippen MR) is 248 cm³/mol. The van der Waals surface area contributed by atoms with E-state index in [1.54, 1.807) is 0 Å². The topological polar surface area (TPSA) is 90.7 Å². The number of hydrogen-bond acceptors (Lipinski definition) is 7. The summed E-state index contributed by atoms with van der Waals surface area (Å²) in [5.74, 6) is 2.43. The first-order chi connectivity index (χ1) is 30.7. The molecule has 7 heteroatoms. The van der Waals surface area contributed by atoms with Crippen LogP contribution in [-0.2, 0) is 0 Å². The van der Waals surface area contributed by atoms with Crippen molar-refractivity contribution < 1.29 is 8.83 Å². The van der Waals surface area contributed by atoms with Gasteiger partial charge in [0.15, 0.2) is 28.9 Å². The number of benzene rings is 8. The maximum atomic E-state index is 6.48. The first kappa shape index (κ1) is 35.4. The number of furan rings is 2. The van der Waals surface area contributed by atoms with Gasteiger partial charge in [0.1, 0.15) is 28.0 Å². The van der Waals surface area contributed by atoms with E-state index >= 15 is 0 Å². The zero-order valence-electron chi connectivity index (χ0n) is 33.1. The van der Waals surface area contributed by atoms with E-state index in [9.17, 15) is 0 Å². The average molecular weight is 796 g/mol. The Labute approximate surface area is 355 Å². The summed E-state index contributed by atoms with van der Waals surface area (Å²) in [6, 6.07) is 67.7. The maximum absolute atomic E-state index is 6.48. The third-order valence-corrected chi connectivity index (χ3v) is 11.4. The van der Waals surface area contributed by atoms with Gasteiger partial charge in [-0.2, -0.15) is 0 Å². The van der Waals surface area contributed by atoms with Crippen molar-refractivity contribution in [1.29, 1.82) is 0 Å². The smallest absolute Gasteiger partial charge is 0.180 e. The van der Waals surface area contributed by atoms with Crippen LogP contribution in [0.3, 0.4) is 0 Å². The minimum Gasteiger partial charge on any atom is -0.456 e. The molecule has 0 radical (unpaired) electrons. The summed E-state index contributed by atoms with van der Waals surface area (Å²) >= 11 is 0. The van der Waals surface area contributed by atoms with Gasteiger partial charge in [-0.25, -0.2) is 24.9 Å². The summed E-state index contributed by atoms with van der Waals surface area (Å²) in [6.45, 7) is 0. The molecular weight excluding hydrogens is 763 g/mol. The lowest BCUT2D eigenvalue weighted by Crippen LogP contribution is -2.00. The molecule has 0 atom stereocenters. The normalized spacial score (nSPS) is 11.5. The van der Waals surface area contributed by atoms with Gasteiger partial charge < -0.3 is 8.83 Å². The van der Waals surface area contributed by atoms with Gasteiger partial charge >= 0.3 is 0 Å². The van der Waals surface area contributed by atoms with Crippen molar-refractivity contribution >= 4 is 44.0 Å². The standard InChI is InChI=1S/C55H33N5O2/c1-4-14-34(15-5-1)39-20-12-21-41(32-39)54-56-49(51-50(57-54)42-22-10-11-24-45(42)62-51)36-28-26-35(27-29-36)40-30-31-46-44(33-40)48-43(23-13-25-47(48)61-46)55-59-52(37-16-6-2-7-17-37)58-53(60-55)38-18-8-3-9-19-38/h1-33H. The van der Waals surface area contributed by atoms with Crippen LogP contribution in [0, 0.1) is 0 Å². The third kappa shape index (κ3) is 6.19. The van der Waals surface area contributed by atoms with Crippen molar-refractivity contribution in [3.8, 4) is 79.1 Å². The Balaban J connectivity index is 0.963. The molecule has 290 valence electrons. The van der Waals surface area contributed by atoms with Gasteiger partial charge in [-0.1, -0.05) is 164 Å². The molecule has 0 saturated carbocycles. The predicted octanol–water partition coefficient (Wildman–Crippen LogP) is 14.1. The molecule has 0 saturated heterocycles. The Hall–Kier alpha value is -8.55. The van der Waals surface area contributed by atoms with E-state index in [0.29, 0.717) is 28.9 Å². The lowest BCUT2D eigenvalue weighted by atomic mass is 9.99. The van der Waals surface area contributed by atoms with Crippen molar-refractivity contribution in [2.75, 3.05) is 0 Å². The highest BCUT2D eigenvalue weighted by molar-refractivity contribution is 6.13. The second-order valence-electron chi connectivity index (χ2n) is 15.2. The van der Waals surface area contributed by atoms with Crippen molar-refractivity contribution in [2.45, 2.75) is 0 Å². The number of hydrogen-bond donors (Lipinski definition) is 0. The molecule has 8 aromatic carbocycles. The molecule has 12 aromatic rings. The van der Waals surface area contributed by atoms with Crippen LogP contribution >= 0.6 is 0 Å². The van der Waals surface area contributed by atoms with E-state index in [1.807, 2.05) is 103 Å². The van der Waals surface area contributed by atoms with Crippen LogP contribution in [-0.4, -0.2) is 24.9 Å². The van der Waals surface area contributed by atoms with Gasteiger partial charge in [-0.3, -0.25) is 0 Å². The van der Waals surface area contributed by atoms with Gasteiger partial charge in [0.25, 0.3) is 0 Å². The Morgan fingerprint density at radius 2 is 0.806 bits per heavy atom. The SMILES string of the molecule is c1ccc(-c2cccc(-c3nc(-c4ccc(-c5ccc6oc7cccc(-c8nc(-c9ccccc9)nc(-c9ccccc9)n8)c7c6c5)cc4)c4oc5ccccc5c4n3)c2)cc1. The zero-order valence-corrected chi connectivity index (χ0v) is 33.1. The van der Waals surface area contributed by atoms with Gasteiger partial charge in [-0.05, 0) is 58.7 Å². The molecule has 0 N–H and O–H groups in total. The van der Waals surface area contributed by atoms with E-state index < -0.39 is 0 Å². The fraction of sp³-hybridized carbons (Fsp3) is 0. The molecule has 7 nitrogen and oxygen atoms in total. The second-order valence-corrected chi connectivity index (χ2v) is 15.2. The number of para-hydroxylation sites is 1. The molecule has 0 unspecified atom stereocenters. The Kier molecular flexibility index (Phi) is 8.35. The van der Waals surface area contributed by atoms with Gasteiger partial charge in [-0.15, -0.1) is 0 Å². The average Bonchev–Trinajstić information content (AvgIpc) is 3.93. The molecule has 0 bridgehead atoms. The van der Waals surface area contributed by atoms with E-state index in [1.165, 1.54) is 0 Å². The van der Waals surface area contributed by atoms with Gasteiger partial charge in [0, 0.05) is 44.0 Å². The van der Waals surface area contributed by atoms with E-state index in [-0.39, 0.29) is 0 Å². The Morgan fingerprint density at radius 1 is 0.290 bits per heavy atom.